The van der Waals surface area contributed by atoms with Gasteiger partial charge in [0.05, 0.1) is 0 Å². The highest BCUT2D eigenvalue weighted by molar-refractivity contribution is 5.98. The van der Waals surface area contributed by atoms with Crippen LogP contribution in [0.15, 0.2) is 28.7 Å². The number of likely N-dealkylation sites (tertiary alicyclic amines) is 1. The molecule has 112 valence electrons. The third-order valence-corrected chi connectivity index (χ3v) is 4.61. The summed E-state index contributed by atoms with van der Waals surface area (Å²) in [7, 11) is 0. The summed E-state index contributed by atoms with van der Waals surface area (Å²) in [6.07, 6.45) is 1.95. The van der Waals surface area contributed by atoms with Crippen LogP contribution in [0.3, 0.4) is 0 Å². The van der Waals surface area contributed by atoms with Gasteiger partial charge in [-0.05, 0) is 38.7 Å². The number of carbonyl (C=O) groups is 1. The van der Waals surface area contributed by atoms with Crippen LogP contribution in [0.1, 0.15) is 35.9 Å². The van der Waals surface area contributed by atoms with E-state index in [-0.39, 0.29) is 11.9 Å². The Morgan fingerprint density at radius 2 is 2.00 bits per heavy atom. The van der Waals surface area contributed by atoms with Crippen molar-refractivity contribution in [1.82, 2.24) is 4.90 Å². The van der Waals surface area contributed by atoms with Crippen molar-refractivity contribution in [2.45, 2.75) is 32.7 Å². The molecule has 0 saturated carbocycles. The van der Waals surface area contributed by atoms with Crippen LogP contribution in [0.4, 0.5) is 0 Å². The fraction of sp³-hybridized carbons (Fsp3) is 0.471. The van der Waals surface area contributed by atoms with Gasteiger partial charge >= 0.3 is 0 Å². The number of fused-ring (bicyclic) bond motifs is 1. The maximum absolute atomic E-state index is 12.7. The Balaban J connectivity index is 1.80. The van der Waals surface area contributed by atoms with Crippen molar-refractivity contribution in [2.75, 3.05) is 13.1 Å². The number of furan rings is 1. The van der Waals surface area contributed by atoms with E-state index in [9.17, 15) is 4.79 Å². The van der Waals surface area contributed by atoms with Crippen molar-refractivity contribution >= 4 is 16.9 Å². The maximum atomic E-state index is 12.7. The molecule has 4 heteroatoms. The Kier molecular flexibility index (Phi) is 3.72. The average Bonchev–Trinajstić information content (AvgIpc) is 2.84. The zero-order chi connectivity index (χ0) is 15.0. The molecule has 0 spiro atoms. The fourth-order valence-corrected chi connectivity index (χ4v) is 3.15. The molecule has 1 aromatic heterocycles. The van der Waals surface area contributed by atoms with Crippen molar-refractivity contribution in [2.24, 2.45) is 11.7 Å². The second-order valence-electron chi connectivity index (χ2n) is 6.04. The number of nitrogens with zero attached hydrogens (tertiary/aromatic N) is 1. The smallest absolute Gasteiger partial charge is 0.289 e. The Bertz CT molecular complexity index is 652. The van der Waals surface area contributed by atoms with Crippen LogP contribution in [-0.2, 0) is 0 Å². The molecule has 2 N–H and O–H groups in total. The molecule has 0 bridgehead atoms. The van der Waals surface area contributed by atoms with Crippen LogP contribution in [0.2, 0.25) is 0 Å². The molecule has 1 aromatic carbocycles. The van der Waals surface area contributed by atoms with E-state index < -0.39 is 0 Å². The molecule has 2 heterocycles. The van der Waals surface area contributed by atoms with E-state index in [1.54, 1.807) is 0 Å². The number of para-hydroxylation sites is 1. The Labute approximate surface area is 124 Å². The normalized spacial score (nSPS) is 18.1. The fourth-order valence-electron chi connectivity index (χ4n) is 3.15. The number of nitrogens with two attached hydrogens (primary N) is 1. The van der Waals surface area contributed by atoms with Gasteiger partial charge in [0.25, 0.3) is 5.91 Å². The van der Waals surface area contributed by atoms with Gasteiger partial charge in [0.15, 0.2) is 5.76 Å². The lowest BCUT2D eigenvalue weighted by molar-refractivity contribution is 0.0650. The quantitative estimate of drug-likeness (QED) is 0.923. The topological polar surface area (TPSA) is 59.5 Å². The molecule has 1 unspecified atom stereocenters. The van der Waals surface area contributed by atoms with E-state index in [4.69, 9.17) is 10.2 Å². The summed E-state index contributed by atoms with van der Waals surface area (Å²) >= 11 is 0. The van der Waals surface area contributed by atoms with Gasteiger partial charge in [0.2, 0.25) is 0 Å². The highest BCUT2D eigenvalue weighted by Gasteiger charge is 2.28. The third-order valence-electron chi connectivity index (χ3n) is 4.61. The molecular formula is C17H22N2O2. The minimum absolute atomic E-state index is 0.00632. The number of carbonyl (C=O) groups excluding carboxylic acids is 1. The van der Waals surface area contributed by atoms with Crippen molar-refractivity contribution < 1.29 is 9.21 Å². The molecule has 4 nitrogen and oxygen atoms in total. The minimum Gasteiger partial charge on any atom is -0.451 e. The van der Waals surface area contributed by atoms with Crippen LogP contribution in [0.25, 0.3) is 11.0 Å². The molecule has 2 aromatic rings. The van der Waals surface area contributed by atoms with Crippen LogP contribution in [-0.4, -0.2) is 29.9 Å². The van der Waals surface area contributed by atoms with Gasteiger partial charge in [-0.15, -0.1) is 0 Å². The molecule has 1 saturated heterocycles. The zero-order valence-corrected chi connectivity index (χ0v) is 12.6. The summed E-state index contributed by atoms with van der Waals surface area (Å²) < 4.78 is 5.77. The number of benzene rings is 1. The Hall–Kier alpha value is -1.81. The van der Waals surface area contributed by atoms with Crippen molar-refractivity contribution in [3.8, 4) is 0 Å². The third kappa shape index (κ3) is 2.56. The van der Waals surface area contributed by atoms with E-state index in [1.807, 2.05) is 43.0 Å². The highest BCUT2D eigenvalue weighted by atomic mass is 16.3. The minimum atomic E-state index is 0.00632. The number of aryl methyl sites for hydroxylation is 1. The van der Waals surface area contributed by atoms with Crippen molar-refractivity contribution in [3.63, 3.8) is 0 Å². The SMILES string of the molecule is Cc1c(C(=O)N2CCC(C(C)N)CC2)oc2ccccc12. The predicted molar refractivity (Wildman–Crippen MR) is 83.2 cm³/mol. The predicted octanol–water partition coefficient (Wildman–Crippen LogP) is 2.94. The molecule has 1 amide bonds. The summed E-state index contributed by atoms with van der Waals surface area (Å²) in [6, 6.07) is 7.99. The number of hydrogen-bond acceptors (Lipinski definition) is 3. The molecule has 1 aliphatic rings. The first-order valence-corrected chi connectivity index (χ1v) is 7.61. The van der Waals surface area contributed by atoms with Crippen molar-refractivity contribution in [1.29, 1.82) is 0 Å². The highest BCUT2D eigenvalue weighted by Crippen LogP contribution is 2.27. The summed E-state index contributed by atoms with van der Waals surface area (Å²) in [6.45, 7) is 5.53. The summed E-state index contributed by atoms with van der Waals surface area (Å²) in [4.78, 5) is 14.6. The summed E-state index contributed by atoms with van der Waals surface area (Å²) in [5.41, 5.74) is 7.67. The first-order chi connectivity index (χ1) is 10.1. The largest absolute Gasteiger partial charge is 0.451 e. The molecular weight excluding hydrogens is 264 g/mol. The van der Waals surface area contributed by atoms with Gasteiger partial charge in [0, 0.05) is 30.1 Å². The number of piperidine rings is 1. The van der Waals surface area contributed by atoms with Crippen LogP contribution in [0, 0.1) is 12.8 Å². The van der Waals surface area contributed by atoms with Crippen LogP contribution >= 0.6 is 0 Å². The lowest BCUT2D eigenvalue weighted by Crippen LogP contribution is -2.42. The van der Waals surface area contributed by atoms with Crippen molar-refractivity contribution in [3.05, 3.63) is 35.6 Å². The summed E-state index contributed by atoms with van der Waals surface area (Å²) in [5, 5.41) is 1.02. The van der Waals surface area contributed by atoms with E-state index in [0.29, 0.717) is 11.7 Å². The number of amides is 1. The molecule has 21 heavy (non-hydrogen) atoms. The van der Waals surface area contributed by atoms with Gasteiger partial charge < -0.3 is 15.1 Å². The summed E-state index contributed by atoms with van der Waals surface area (Å²) in [5.74, 6) is 1.01. The molecule has 1 atom stereocenters. The maximum Gasteiger partial charge on any atom is 0.289 e. The van der Waals surface area contributed by atoms with E-state index >= 15 is 0 Å². The standard InChI is InChI=1S/C17H22N2O2/c1-11-14-5-3-4-6-15(14)21-16(11)17(20)19-9-7-13(8-10-19)12(2)18/h3-6,12-13H,7-10,18H2,1-2H3. The average molecular weight is 286 g/mol. The van der Waals surface area contributed by atoms with Gasteiger partial charge in [-0.3, -0.25) is 4.79 Å². The number of hydrogen-bond donors (Lipinski definition) is 1. The molecule has 0 aliphatic carbocycles. The van der Waals surface area contributed by atoms with Crippen LogP contribution < -0.4 is 5.73 Å². The number of rotatable bonds is 2. The second kappa shape index (κ2) is 5.53. The molecule has 1 aliphatic heterocycles. The molecule has 0 radical (unpaired) electrons. The lowest BCUT2D eigenvalue weighted by Gasteiger charge is -2.33. The van der Waals surface area contributed by atoms with Gasteiger partial charge in [-0.25, -0.2) is 0 Å². The van der Waals surface area contributed by atoms with Gasteiger partial charge in [0.1, 0.15) is 5.58 Å². The van der Waals surface area contributed by atoms with E-state index in [0.717, 1.165) is 42.5 Å². The lowest BCUT2D eigenvalue weighted by atomic mass is 9.91. The Morgan fingerprint density at radius 3 is 2.62 bits per heavy atom. The molecule has 1 fully saturated rings. The molecule has 3 rings (SSSR count). The monoisotopic (exact) mass is 286 g/mol. The second-order valence-corrected chi connectivity index (χ2v) is 6.04. The first kappa shape index (κ1) is 14.1. The first-order valence-electron chi connectivity index (χ1n) is 7.61. The Morgan fingerprint density at radius 1 is 1.33 bits per heavy atom. The van der Waals surface area contributed by atoms with Crippen LogP contribution in [0.5, 0.6) is 0 Å². The van der Waals surface area contributed by atoms with E-state index in [1.165, 1.54) is 0 Å². The zero-order valence-electron chi connectivity index (χ0n) is 12.6. The van der Waals surface area contributed by atoms with Gasteiger partial charge in [-0.2, -0.15) is 0 Å². The van der Waals surface area contributed by atoms with E-state index in [2.05, 4.69) is 0 Å². The van der Waals surface area contributed by atoms with Gasteiger partial charge in [-0.1, -0.05) is 18.2 Å².